The topological polar surface area (TPSA) is 29.5 Å². The van der Waals surface area contributed by atoms with Crippen LogP contribution in [0.2, 0.25) is 0 Å². The Morgan fingerprint density at radius 2 is 1.96 bits per heavy atom. The molecule has 0 radical (unpaired) electrons. The van der Waals surface area contributed by atoms with Crippen LogP contribution in [-0.4, -0.2) is 17.4 Å². The minimum atomic E-state index is -0.982. The van der Waals surface area contributed by atoms with Crippen LogP contribution in [0.5, 0.6) is 5.75 Å². The van der Waals surface area contributed by atoms with Gasteiger partial charge < -0.3 is 9.64 Å². The average molecular weight is 370 g/mol. The zero-order valence-corrected chi connectivity index (χ0v) is 15.2. The van der Waals surface area contributed by atoms with Crippen molar-refractivity contribution < 1.29 is 9.53 Å². The van der Waals surface area contributed by atoms with Gasteiger partial charge in [-0.15, -0.1) is 34.5 Å². The lowest BCUT2D eigenvalue weighted by Gasteiger charge is -2.26. The maximum Gasteiger partial charge on any atom is 0.236 e. The maximum absolute atomic E-state index is 13.1. The van der Waals surface area contributed by atoms with Crippen molar-refractivity contribution in [2.75, 3.05) is 12.0 Å². The maximum atomic E-state index is 13.1. The Hall–Kier alpha value is -1.23. The fourth-order valence-corrected chi connectivity index (χ4v) is 3.92. The molecule has 1 aliphatic rings. The van der Waals surface area contributed by atoms with Gasteiger partial charge in [-0.1, -0.05) is 6.07 Å². The number of hydrogen-bond donors (Lipinski definition) is 0. The predicted octanol–water partition coefficient (Wildman–Crippen LogP) is 4.87. The third-order valence-corrected chi connectivity index (χ3v) is 6.22. The lowest BCUT2D eigenvalue weighted by molar-refractivity contribution is -0.123. The molecule has 1 unspecified atom stereocenters. The molecular formula is C17H17Cl2NO2S. The second-order valence-corrected chi connectivity index (χ2v) is 8.40. The van der Waals surface area contributed by atoms with E-state index in [1.165, 1.54) is 0 Å². The van der Waals surface area contributed by atoms with Gasteiger partial charge in [0.05, 0.1) is 19.1 Å². The Labute approximate surface area is 149 Å². The third-order valence-electron chi connectivity index (χ3n) is 4.25. The Kier molecular flexibility index (Phi) is 4.34. The van der Waals surface area contributed by atoms with E-state index in [1.54, 1.807) is 23.3 Å². The van der Waals surface area contributed by atoms with Crippen LogP contribution in [0.15, 0.2) is 41.8 Å². The third kappa shape index (κ3) is 3.08. The van der Waals surface area contributed by atoms with Gasteiger partial charge in [0.25, 0.3) is 0 Å². The van der Waals surface area contributed by atoms with Gasteiger partial charge >= 0.3 is 0 Å². The molecule has 0 saturated heterocycles. The Morgan fingerprint density at radius 3 is 2.43 bits per heavy atom. The molecule has 1 atom stereocenters. The summed E-state index contributed by atoms with van der Waals surface area (Å²) in [4.78, 5) is 15.9. The number of benzene rings is 1. The van der Waals surface area contributed by atoms with E-state index >= 15 is 0 Å². The quantitative estimate of drug-likeness (QED) is 0.703. The molecule has 122 valence electrons. The molecule has 0 aliphatic heterocycles. The molecule has 1 fully saturated rings. The van der Waals surface area contributed by atoms with Crippen LogP contribution in [-0.2, 0) is 11.3 Å². The number of carbonyl (C=O) groups excluding carboxylic acids is 1. The van der Waals surface area contributed by atoms with E-state index in [4.69, 9.17) is 27.9 Å². The molecule has 1 aromatic heterocycles. The van der Waals surface area contributed by atoms with Gasteiger partial charge in [0.1, 0.15) is 10.1 Å². The van der Waals surface area contributed by atoms with Crippen LogP contribution in [0.3, 0.4) is 0 Å². The number of methoxy groups -OCH3 is 1. The number of nitrogens with zero attached hydrogens (tertiary/aromatic N) is 1. The van der Waals surface area contributed by atoms with Crippen molar-refractivity contribution >= 4 is 46.1 Å². The summed E-state index contributed by atoms with van der Waals surface area (Å²) >= 11 is 14.0. The fourth-order valence-electron chi connectivity index (χ4n) is 2.53. The van der Waals surface area contributed by atoms with Crippen molar-refractivity contribution in [2.45, 2.75) is 24.2 Å². The highest BCUT2D eigenvalue weighted by molar-refractivity contribution is 7.09. The smallest absolute Gasteiger partial charge is 0.236 e. The standard InChI is InChI=1S/C17H17Cl2NO2S/c1-16(11-17(16,18)19)15(21)20(10-14-4-3-9-23-14)12-5-7-13(22-2)8-6-12/h3-9H,10-11H2,1-2H3. The highest BCUT2D eigenvalue weighted by atomic mass is 35.5. The highest BCUT2D eigenvalue weighted by Gasteiger charge is 2.68. The molecule has 1 saturated carbocycles. The molecule has 1 aliphatic carbocycles. The van der Waals surface area contributed by atoms with E-state index in [-0.39, 0.29) is 5.91 Å². The summed E-state index contributed by atoms with van der Waals surface area (Å²) in [6, 6.07) is 11.4. The minimum Gasteiger partial charge on any atom is -0.497 e. The number of amides is 1. The van der Waals surface area contributed by atoms with Gasteiger partial charge in [-0.05, 0) is 49.1 Å². The van der Waals surface area contributed by atoms with E-state index in [0.29, 0.717) is 13.0 Å². The number of thiophene rings is 1. The first-order valence-electron chi connectivity index (χ1n) is 7.24. The predicted molar refractivity (Wildman–Crippen MR) is 95.7 cm³/mol. The molecule has 6 heteroatoms. The molecule has 0 bridgehead atoms. The van der Waals surface area contributed by atoms with E-state index in [1.807, 2.05) is 48.7 Å². The van der Waals surface area contributed by atoms with Crippen molar-refractivity contribution in [1.82, 2.24) is 0 Å². The monoisotopic (exact) mass is 369 g/mol. The molecule has 3 rings (SSSR count). The first kappa shape index (κ1) is 16.6. The van der Waals surface area contributed by atoms with Crippen LogP contribution >= 0.6 is 34.5 Å². The highest BCUT2D eigenvalue weighted by Crippen LogP contribution is 2.64. The summed E-state index contributed by atoms with van der Waals surface area (Å²) in [5, 5.41) is 2.00. The van der Waals surface area contributed by atoms with Gasteiger partial charge in [-0.3, -0.25) is 4.79 Å². The Balaban J connectivity index is 1.91. The lowest BCUT2D eigenvalue weighted by atomic mass is 10.1. The van der Waals surface area contributed by atoms with Crippen LogP contribution in [0.4, 0.5) is 5.69 Å². The summed E-state index contributed by atoms with van der Waals surface area (Å²) in [6.45, 7) is 2.32. The second-order valence-electron chi connectivity index (χ2n) is 5.88. The van der Waals surface area contributed by atoms with Gasteiger partial charge in [0.2, 0.25) is 5.91 Å². The zero-order chi connectivity index (χ0) is 16.7. The van der Waals surface area contributed by atoms with Gasteiger partial charge in [0.15, 0.2) is 0 Å². The molecule has 23 heavy (non-hydrogen) atoms. The SMILES string of the molecule is COc1ccc(N(Cc2cccs2)C(=O)C2(C)CC2(Cl)Cl)cc1. The van der Waals surface area contributed by atoms with Gasteiger partial charge in [-0.25, -0.2) is 0 Å². The molecule has 0 N–H and O–H groups in total. The number of halogens is 2. The van der Waals surface area contributed by atoms with E-state index in [9.17, 15) is 4.79 Å². The van der Waals surface area contributed by atoms with Gasteiger partial charge in [0, 0.05) is 10.6 Å². The van der Waals surface area contributed by atoms with E-state index in [2.05, 4.69) is 0 Å². The summed E-state index contributed by atoms with van der Waals surface area (Å²) in [6.07, 6.45) is 0.471. The number of carbonyl (C=O) groups is 1. The lowest BCUT2D eigenvalue weighted by Crippen LogP contribution is -2.37. The molecular weight excluding hydrogens is 353 g/mol. The first-order chi connectivity index (χ1) is 10.9. The van der Waals surface area contributed by atoms with Crippen LogP contribution in [0, 0.1) is 5.41 Å². The van der Waals surface area contributed by atoms with Crippen molar-refractivity contribution in [3.8, 4) is 5.75 Å². The molecule has 1 aromatic carbocycles. The minimum absolute atomic E-state index is 0.0546. The fraction of sp³-hybridized carbons (Fsp3) is 0.353. The van der Waals surface area contributed by atoms with Crippen LogP contribution < -0.4 is 9.64 Å². The van der Waals surface area contributed by atoms with Crippen molar-refractivity contribution in [2.24, 2.45) is 5.41 Å². The molecule has 1 heterocycles. The number of anilines is 1. The molecule has 1 amide bonds. The molecule has 2 aromatic rings. The van der Waals surface area contributed by atoms with Crippen LogP contribution in [0.25, 0.3) is 0 Å². The Bertz CT molecular complexity index is 700. The summed E-state index contributed by atoms with van der Waals surface area (Å²) in [5.41, 5.74) is 0.0641. The van der Waals surface area contributed by atoms with Gasteiger partial charge in [-0.2, -0.15) is 0 Å². The van der Waals surface area contributed by atoms with Crippen molar-refractivity contribution in [3.05, 3.63) is 46.7 Å². The summed E-state index contributed by atoms with van der Waals surface area (Å²) in [5.74, 6) is 0.694. The first-order valence-corrected chi connectivity index (χ1v) is 8.87. The largest absolute Gasteiger partial charge is 0.497 e. The molecule has 0 spiro atoms. The Morgan fingerprint density at radius 1 is 1.30 bits per heavy atom. The number of ether oxygens (including phenoxy) is 1. The number of rotatable bonds is 5. The normalized spacial score (nSPS) is 21.7. The number of hydrogen-bond acceptors (Lipinski definition) is 3. The summed E-state index contributed by atoms with van der Waals surface area (Å²) < 4.78 is 4.20. The van der Waals surface area contributed by atoms with Crippen LogP contribution in [0.1, 0.15) is 18.2 Å². The summed E-state index contributed by atoms with van der Waals surface area (Å²) in [7, 11) is 1.62. The van der Waals surface area contributed by atoms with Crippen molar-refractivity contribution in [3.63, 3.8) is 0 Å². The van der Waals surface area contributed by atoms with E-state index < -0.39 is 9.75 Å². The zero-order valence-electron chi connectivity index (χ0n) is 12.9. The molecule has 3 nitrogen and oxygen atoms in total. The number of alkyl halides is 2. The van der Waals surface area contributed by atoms with Crippen molar-refractivity contribution in [1.29, 1.82) is 0 Å². The average Bonchev–Trinajstić information content (AvgIpc) is 2.91. The second kappa shape index (κ2) is 6.00. The van der Waals surface area contributed by atoms with E-state index in [0.717, 1.165) is 16.3 Å².